The second-order valence-corrected chi connectivity index (χ2v) is 11.0. The van der Waals surface area contributed by atoms with Crippen LogP contribution in [0.4, 0.5) is 4.79 Å². The van der Waals surface area contributed by atoms with Crippen LogP contribution in [0.2, 0.25) is 0 Å². The van der Waals surface area contributed by atoms with Gasteiger partial charge in [0.2, 0.25) is 5.88 Å². The third kappa shape index (κ3) is 4.85. The number of amides is 1. The first-order chi connectivity index (χ1) is 14.6. The number of aromatic nitrogens is 2. The summed E-state index contributed by atoms with van der Waals surface area (Å²) in [6.07, 6.45) is 4.75. The van der Waals surface area contributed by atoms with E-state index in [1.54, 1.807) is 11.3 Å². The van der Waals surface area contributed by atoms with Crippen LogP contribution < -0.4 is 10.1 Å². The number of ether oxygens (including phenoxy) is 2. The Hall–Kier alpha value is -2.19. The summed E-state index contributed by atoms with van der Waals surface area (Å²) >= 11 is 1.61. The minimum Gasteiger partial charge on any atom is -0.475 e. The molecule has 8 heteroatoms. The molecule has 0 aromatic carbocycles. The van der Waals surface area contributed by atoms with Crippen molar-refractivity contribution in [3.63, 3.8) is 0 Å². The Morgan fingerprint density at radius 3 is 2.58 bits per heavy atom. The Balaban J connectivity index is 1.56. The molecule has 0 spiro atoms. The second kappa shape index (κ2) is 8.06. The largest absolute Gasteiger partial charge is 0.475 e. The summed E-state index contributed by atoms with van der Waals surface area (Å²) in [4.78, 5) is 22.8. The van der Waals surface area contributed by atoms with Crippen molar-refractivity contribution >= 4 is 17.4 Å². The molecule has 0 bridgehead atoms. The van der Waals surface area contributed by atoms with Crippen molar-refractivity contribution in [2.24, 2.45) is 5.92 Å². The molecule has 2 aliphatic carbocycles. The van der Waals surface area contributed by atoms with Crippen molar-refractivity contribution in [1.29, 1.82) is 0 Å². The zero-order valence-corrected chi connectivity index (χ0v) is 19.7. The number of hydrogen-bond donors (Lipinski definition) is 2. The zero-order valence-electron chi connectivity index (χ0n) is 18.9. The quantitative estimate of drug-likeness (QED) is 0.699. The smallest absolute Gasteiger partial charge is 0.408 e. The minimum atomic E-state index is -0.539. The van der Waals surface area contributed by atoms with E-state index in [0.29, 0.717) is 12.5 Å². The molecular formula is C23H31N3O4S. The highest BCUT2D eigenvalue weighted by atomic mass is 32.1. The Morgan fingerprint density at radius 1 is 1.29 bits per heavy atom. The summed E-state index contributed by atoms with van der Waals surface area (Å²) in [6.45, 7) is 10.1. The van der Waals surface area contributed by atoms with Crippen LogP contribution in [0, 0.1) is 19.8 Å². The molecule has 0 aliphatic heterocycles. The van der Waals surface area contributed by atoms with Crippen LogP contribution in [0.3, 0.4) is 0 Å². The van der Waals surface area contributed by atoms with Gasteiger partial charge in [0.15, 0.2) is 0 Å². The van der Waals surface area contributed by atoms with Gasteiger partial charge in [-0.2, -0.15) is 0 Å². The number of aliphatic hydroxyl groups excluding tert-OH is 1. The molecular weight excluding hydrogens is 414 g/mol. The van der Waals surface area contributed by atoms with Crippen LogP contribution in [-0.4, -0.2) is 45.5 Å². The molecule has 7 nitrogen and oxygen atoms in total. The van der Waals surface area contributed by atoms with Crippen LogP contribution in [0.15, 0.2) is 6.20 Å². The number of nitrogens with zero attached hydrogens (tertiary/aromatic N) is 2. The summed E-state index contributed by atoms with van der Waals surface area (Å²) in [6, 6.07) is 0. The van der Waals surface area contributed by atoms with Crippen LogP contribution in [0.1, 0.15) is 55.2 Å². The first-order valence-corrected chi connectivity index (χ1v) is 11.6. The van der Waals surface area contributed by atoms with Gasteiger partial charge < -0.3 is 19.9 Å². The molecule has 31 heavy (non-hydrogen) atoms. The summed E-state index contributed by atoms with van der Waals surface area (Å²) in [5.41, 5.74) is 3.30. The van der Waals surface area contributed by atoms with E-state index in [2.05, 4.69) is 10.3 Å². The lowest BCUT2D eigenvalue weighted by Crippen LogP contribution is -2.44. The first-order valence-electron chi connectivity index (χ1n) is 10.8. The summed E-state index contributed by atoms with van der Waals surface area (Å²) in [5.74, 6) is 0.784. The van der Waals surface area contributed by atoms with Crippen LogP contribution in [0.25, 0.3) is 10.7 Å². The maximum atomic E-state index is 12.2. The van der Waals surface area contributed by atoms with Crippen LogP contribution >= 0.6 is 11.3 Å². The molecule has 1 saturated carbocycles. The van der Waals surface area contributed by atoms with Crippen molar-refractivity contribution in [2.75, 3.05) is 13.2 Å². The monoisotopic (exact) mass is 445 g/mol. The number of fused-ring (bicyclic) bond motifs is 1. The molecule has 0 saturated heterocycles. The lowest BCUT2D eigenvalue weighted by molar-refractivity contribution is 0.0476. The summed E-state index contributed by atoms with van der Waals surface area (Å²) < 4.78 is 11.6. The van der Waals surface area contributed by atoms with Gasteiger partial charge in [0.25, 0.3) is 0 Å². The number of hydrogen-bond acceptors (Lipinski definition) is 7. The maximum Gasteiger partial charge on any atom is 0.408 e. The summed E-state index contributed by atoms with van der Waals surface area (Å²) in [7, 11) is 0. The number of thiazole rings is 1. The highest BCUT2D eigenvalue weighted by Crippen LogP contribution is 2.41. The van der Waals surface area contributed by atoms with Gasteiger partial charge in [0.1, 0.15) is 22.9 Å². The molecule has 4 rings (SSSR count). The molecule has 1 amide bonds. The fourth-order valence-corrected chi connectivity index (χ4v) is 4.77. The predicted molar refractivity (Wildman–Crippen MR) is 120 cm³/mol. The topological polar surface area (TPSA) is 93.6 Å². The lowest BCUT2D eigenvalue weighted by Gasteiger charge is -2.24. The van der Waals surface area contributed by atoms with Crippen LogP contribution in [-0.2, 0) is 17.6 Å². The van der Waals surface area contributed by atoms with Crippen molar-refractivity contribution in [2.45, 2.75) is 71.4 Å². The van der Waals surface area contributed by atoms with Crippen molar-refractivity contribution in [3.8, 4) is 16.6 Å². The molecule has 168 valence electrons. The van der Waals surface area contributed by atoms with E-state index < -0.39 is 17.2 Å². The van der Waals surface area contributed by atoms with Crippen molar-refractivity contribution in [1.82, 2.24) is 15.3 Å². The normalized spacial score (nSPS) is 19.1. The fourth-order valence-electron chi connectivity index (χ4n) is 3.99. The molecule has 2 aliphatic rings. The number of alkyl carbamates (subject to hydrolysis) is 1. The highest BCUT2D eigenvalue weighted by Gasteiger charge is 2.46. The lowest BCUT2D eigenvalue weighted by atomic mass is 10.0. The van der Waals surface area contributed by atoms with Gasteiger partial charge in [-0.1, -0.05) is 0 Å². The third-order valence-corrected chi connectivity index (χ3v) is 6.73. The molecule has 2 heterocycles. The number of aryl methyl sites for hydroxylation is 1. The number of carbonyl (C=O) groups excluding carboxylic acids is 1. The predicted octanol–water partition coefficient (Wildman–Crippen LogP) is 3.97. The van der Waals surface area contributed by atoms with Gasteiger partial charge in [-0.05, 0) is 77.3 Å². The standard InChI is InChI=1S/C23H31N3O4S/c1-13-10-24-20(31-13)18-17-9-15(11-27)8-16(17)14(2)19(25-18)29-12-23(6-7-23)26-21(28)30-22(3,4)5/h10,15,27H,6-9,11-12H2,1-5H3,(H,26,28). The van der Waals surface area contributed by atoms with E-state index in [1.807, 2.05) is 40.8 Å². The van der Waals surface area contributed by atoms with Crippen LogP contribution in [0.5, 0.6) is 5.88 Å². The first kappa shape index (κ1) is 22.0. The molecule has 2 aromatic rings. The van der Waals surface area contributed by atoms with E-state index in [1.165, 1.54) is 11.1 Å². The van der Waals surface area contributed by atoms with E-state index in [-0.39, 0.29) is 12.5 Å². The van der Waals surface area contributed by atoms with Crippen molar-refractivity contribution < 1.29 is 19.4 Å². The number of aliphatic hydroxyl groups is 1. The number of pyridine rings is 1. The van der Waals surface area contributed by atoms with E-state index in [4.69, 9.17) is 14.5 Å². The van der Waals surface area contributed by atoms with E-state index in [9.17, 15) is 9.90 Å². The average molecular weight is 446 g/mol. The van der Waals surface area contributed by atoms with Gasteiger partial charge in [-0.3, -0.25) is 0 Å². The number of carbonyl (C=O) groups is 1. The Bertz CT molecular complexity index is 991. The molecule has 2 aromatic heterocycles. The molecule has 1 unspecified atom stereocenters. The fraction of sp³-hybridized carbons (Fsp3) is 0.609. The van der Waals surface area contributed by atoms with Crippen molar-refractivity contribution in [3.05, 3.63) is 27.8 Å². The Labute approximate surface area is 187 Å². The van der Waals surface area contributed by atoms with E-state index >= 15 is 0 Å². The minimum absolute atomic E-state index is 0.156. The van der Waals surface area contributed by atoms with Gasteiger partial charge >= 0.3 is 6.09 Å². The van der Waals surface area contributed by atoms with Gasteiger partial charge in [0.05, 0.1) is 5.54 Å². The maximum absolute atomic E-state index is 12.2. The van der Waals surface area contributed by atoms with Gasteiger partial charge in [-0.25, -0.2) is 14.8 Å². The Kier molecular flexibility index (Phi) is 5.72. The molecule has 1 fully saturated rings. The molecule has 1 atom stereocenters. The Morgan fingerprint density at radius 2 is 2.00 bits per heavy atom. The third-order valence-electron chi connectivity index (χ3n) is 5.81. The number of nitrogens with one attached hydrogen (secondary N) is 1. The highest BCUT2D eigenvalue weighted by molar-refractivity contribution is 7.14. The SMILES string of the molecule is Cc1cnc(-c2nc(OCC3(NC(=O)OC(C)(C)C)CC3)c(C)c3c2CC(CO)C3)s1. The van der Waals surface area contributed by atoms with Gasteiger partial charge in [-0.15, -0.1) is 11.3 Å². The number of rotatable bonds is 6. The van der Waals surface area contributed by atoms with Gasteiger partial charge in [0, 0.05) is 23.2 Å². The zero-order chi connectivity index (χ0) is 22.4. The summed E-state index contributed by atoms with van der Waals surface area (Å²) in [5, 5.41) is 13.6. The van der Waals surface area contributed by atoms with E-state index in [0.717, 1.165) is 46.8 Å². The molecule has 0 radical (unpaired) electrons. The average Bonchev–Trinajstić information content (AvgIpc) is 3.10. The molecule has 2 N–H and O–H groups in total. The second-order valence-electron chi connectivity index (χ2n) is 9.78.